The molecule has 0 amide bonds. The molecule has 0 unspecified atom stereocenters. The molecule has 0 saturated heterocycles. The second-order valence-corrected chi connectivity index (χ2v) is 10.9. The Morgan fingerprint density at radius 1 is 1.31 bits per heavy atom. The molecule has 2 heterocycles. The molecule has 1 N–H and O–H groups in total. The topological polar surface area (TPSA) is 64.1 Å². The zero-order chi connectivity index (χ0) is 19.4. The number of nitrogens with one attached hydrogen (secondary N) is 1. The fourth-order valence-corrected chi connectivity index (χ4v) is 4.41. The van der Waals surface area contributed by atoms with Crippen LogP contribution in [0.3, 0.4) is 0 Å². The first-order valence-corrected chi connectivity index (χ1v) is 10.8. The van der Waals surface area contributed by atoms with E-state index in [1.54, 1.807) is 17.5 Å². The molecule has 0 bridgehead atoms. The summed E-state index contributed by atoms with van der Waals surface area (Å²) in [7, 11) is 0. The van der Waals surface area contributed by atoms with Crippen LogP contribution in [0.15, 0.2) is 32.5 Å². The van der Waals surface area contributed by atoms with Crippen molar-refractivity contribution in [2.45, 2.75) is 55.7 Å². The highest BCUT2D eigenvalue weighted by Crippen LogP contribution is 2.36. The van der Waals surface area contributed by atoms with Crippen molar-refractivity contribution in [1.29, 1.82) is 0 Å². The lowest BCUT2D eigenvalue weighted by Gasteiger charge is -2.27. The Morgan fingerprint density at radius 2 is 2.04 bits per heavy atom. The normalized spacial score (nSPS) is 12.1. The quantitative estimate of drug-likeness (QED) is 0.456. The summed E-state index contributed by atoms with van der Waals surface area (Å²) in [6.45, 7) is 10.1. The average Bonchev–Trinajstić information content (AvgIpc) is 2.94. The summed E-state index contributed by atoms with van der Waals surface area (Å²) in [4.78, 5) is 21.3. The van der Waals surface area contributed by atoms with Crippen molar-refractivity contribution in [3.05, 3.63) is 33.9 Å². The summed E-state index contributed by atoms with van der Waals surface area (Å²) in [5, 5.41) is 5.31. The Hall–Kier alpha value is -1.12. The van der Waals surface area contributed by atoms with Gasteiger partial charge in [-0.25, -0.2) is 9.97 Å². The standard InChI is InChI=1S/C18H24BrN3O2S2/c1-17(2,3)24-15(23)18(4,5)26-16-22-13(11-25-16)8-9-20-14-7-6-12(19)10-21-14/h6-7,10-11H,8-9H2,1-5H3,(H,20,21). The van der Waals surface area contributed by atoms with Crippen molar-refractivity contribution in [2.24, 2.45) is 0 Å². The number of carbonyl (C=O) groups is 1. The van der Waals surface area contributed by atoms with Crippen LogP contribution in [0.4, 0.5) is 5.82 Å². The molecule has 0 aliphatic rings. The summed E-state index contributed by atoms with van der Waals surface area (Å²) >= 11 is 6.37. The SMILES string of the molecule is CC(C)(C)OC(=O)C(C)(C)Sc1nc(CCNc2ccc(Br)cn2)cs1. The molecule has 142 valence electrons. The molecular weight excluding hydrogens is 434 g/mol. The van der Waals surface area contributed by atoms with Crippen LogP contribution in [0.1, 0.15) is 40.3 Å². The number of carbonyl (C=O) groups excluding carboxylic acids is 1. The Kier molecular flexibility index (Phi) is 7.10. The summed E-state index contributed by atoms with van der Waals surface area (Å²) in [6, 6.07) is 3.88. The highest BCUT2D eigenvalue weighted by atomic mass is 79.9. The maximum atomic E-state index is 12.4. The van der Waals surface area contributed by atoms with E-state index in [0.29, 0.717) is 0 Å². The molecule has 0 fully saturated rings. The number of anilines is 1. The van der Waals surface area contributed by atoms with Crippen molar-refractivity contribution in [2.75, 3.05) is 11.9 Å². The van der Waals surface area contributed by atoms with Gasteiger partial charge >= 0.3 is 5.97 Å². The van der Waals surface area contributed by atoms with Crippen LogP contribution in [-0.4, -0.2) is 32.8 Å². The molecule has 0 aliphatic heterocycles. The van der Waals surface area contributed by atoms with Gasteiger partial charge in [0.15, 0.2) is 4.34 Å². The van der Waals surface area contributed by atoms with Gasteiger partial charge in [-0.15, -0.1) is 11.3 Å². The number of hydrogen-bond acceptors (Lipinski definition) is 7. The fraction of sp³-hybridized carbons (Fsp3) is 0.500. The number of nitrogens with zero attached hydrogens (tertiary/aromatic N) is 2. The fourth-order valence-electron chi connectivity index (χ4n) is 1.91. The third-order valence-corrected chi connectivity index (χ3v) is 5.81. The third kappa shape index (κ3) is 6.89. The van der Waals surface area contributed by atoms with Gasteiger partial charge in [-0.2, -0.15) is 0 Å². The van der Waals surface area contributed by atoms with Crippen LogP contribution in [0.5, 0.6) is 0 Å². The predicted octanol–water partition coefficient (Wildman–Crippen LogP) is 5.17. The molecule has 8 heteroatoms. The lowest BCUT2D eigenvalue weighted by Crippen LogP contribution is -2.36. The Labute approximate surface area is 171 Å². The first-order valence-electron chi connectivity index (χ1n) is 8.27. The number of pyridine rings is 1. The van der Waals surface area contributed by atoms with E-state index in [9.17, 15) is 4.79 Å². The third-order valence-electron chi connectivity index (χ3n) is 3.18. The summed E-state index contributed by atoms with van der Waals surface area (Å²) in [5.41, 5.74) is 0.512. The second-order valence-electron chi connectivity index (χ2n) is 7.26. The second kappa shape index (κ2) is 8.71. The van der Waals surface area contributed by atoms with Crippen molar-refractivity contribution < 1.29 is 9.53 Å². The maximum absolute atomic E-state index is 12.4. The van der Waals surface area contributed by atoms with E-state index in [2.05, 4.69) is 31.2 Å². The molecule has 5 nitrogen and oxygen atoms in total. The zero-order valence-electron chi connectivity index (χ0n) is 15.6. The van der Waals surface area contributed by atoms with Gasteiger partial charge in [-0.3, -0.25) is 4.79 Å². The van der Waals surface area contributed by atoms with Gasteiger partial charge in [0, 0.05) is 29.0 Å². The first kappa shape index (κ1) is 21.2. The lowest BCUT2D eigenvalue weighted by molar-refractivity contribution is -0.156. The molecule has 0 radical (unpaired) electrons. The molecule has 0 spiro atoms. The van der Waals surface area contributed by atoms with Crippen molar-refractivity contribution >= 4 is 50.8 Å². The number of thioether (sulfide) groups is 1. The van der Waals surface area contributed by atoms with Gasteiger partial charge in [0.2, 0.25) is 0 Å². The minimum atomic E-state index is -0.679. The number of hydrogen-bond donors (Lipinski definition) is 1. The van der Waals surface area contributed by atoms with Gasteiger partial charge in [0.1, 0.15) is 16.2 Å². The molecule has 2 aromatic heterocycles. The zero-order valence-corrected chi connectivity index (χ0v) is 18.8. The van der Waals surface area contributed by atoms with Crippen LogP contribution in [0.25, 0.3) is 0 Å². The summed E-state index contributed by atoms with van der Waals surface area (Å²) in [5.74, 6) is 0.610. The summed E-state index contributed by atoms with van der Waals surface area (Å²) < 4.78 is 6.65. The van der Waals surface area contributed by atoms with Crippen LogP contribution < -0.4 is 5.32 Å². The summed E-state index contributed by atoms with van der Waals surface area (Å²) in [6.07, 6.45) is 2.56. The number of halogens is 1. The predicted molar refractivity (Wildman–Crippen MR) is 112 cm³/mol. The smallest absolute Gasteiger partial charge is 0.322 e. The van der Waals surface area contributed by atoms with E-state index in [0.717, 1.165) is 33.3 Å². The number of esters is 1. The Bertz CT molecular complexity index is 740. The lowest BCUT2D eigenvalue weighted by atomic mass is 10.1. The van der Waals surface area contributed by atoms with Crippen LogP contribution in [0.2, 0.25) is 0 Å². The molecule has 0 saturated carbocycles. The van der Waals surface area contributed by atoms with Gasteiger partial charge in [-0.1, -0.05) is 11.8 Å². The van der Waals surface area contributed by atoms with Crippen LogP contribution in [-0.2, 0) is 16.0 Å². The number of ether oxygens (including phenoxy) is 1. The monoisotopic (exact) mass is 457 g/mol. The molecule has 0 atom stereocenters. The van der Waals surface area contributed by atoms with Crippen LogP contribution in [0, 0.1) is 0 Å². The average molecular weight is 458 g/mol. The van der Waals surface area contributed by atoms with Crippen LogP contribution >= 0.6 is 39.0 Å². The van der Waals surface area contributed by atoms with Gasteiger partial charge in [-0.05, 0) is 62.7 Å². The number of thiazole rings is 1. The largest absolute Gasteiger partial charge is 0.459 e. The van der Waals surface area contributed by atoms with Gasteiger partial charge < -0.3 is 10.1 Å². The highest BCUT2D eigenvalue weighted by Gasteiger charge is 2.34. The first-order chi connectivity index (χ1) is 12.0. The Balaban J connectivity index is 1.86. The minimum absolute atomic E-state index is 0.227. The molecule has 0 aliphatic carbocycles. The van der Waals surface area contributed by atoms with E-state index < -0.39 is 10.3 Å². The molecular formula is C18H24BrN3O2S2. The van der Waals surface area contributed by atoms with E-state index in [1.807, 2.05) is 52.1 Å². The maximum Gasteiger partial charge on any atom is 0.322 e. The van der Waals surface area contributed by atoms with Crippen molar-refractivity contribution in [3.63, 3.8) is 0 Å². The molecule has 26 heavy (non-hydrogen) atoms. The number of rotatable bonds is 7. The van der Waals surface area contributed by atoms with Gasteiger partial charge in [0.05, 0.1) is 5.69 Å². The van der Waals surface area contributed by atoms with E-state index in [4.69, 9.17) is 4.74 Å². The minimum Gasteiger partial charge on any atom is -0.459 e. The Morgan fingerprint density at radius 3 is 2.65 bits per heavy atom. The molecule has 0 aromatic carbocycles. The van der Waals surface area contributed by atoms with E-state index in [1.165, 1.54) is 11.8 Å². The van der Waals surface area contributed by atoms with Gasteiger partial charge in [0.25, 0.3) is 0 Å². The van der Waals surface area contributed by atoms with Crippen molar-refractivity contribution in [1.82, 2.24) is 9.97 Å². The number of aromatic nitrogens is 2. The highest BCUT2D eigenvalue weighted by molar-refractivity contribution is 9.10. The van der Waals surface area contributed by atoms with E-state index in [-0.39, 0.29) is 5.97 Å². The molecule has 2 aromatic rings. The molecule has 2 rings (SSSR count). The van der Waals surface area contributed by atoms with Crippen molar-refractivity contribution in [3.8, 4) is 0 Å². The van der Waals surface area contributed by atoms with E-state index >= 15 is 0 Å².